The minimum absolute atomic E-state index is 0.0350. The van der Waals surface area contributed by atoms with Gasteiger partial charge in [0.25, 0.3) is 0 Å². The van der Waals surface area contributed by atoms with E-state index in [1.165, 1.54) is 0 Å². The van der Waals surface area contributed by atoms with E-state index in [1.807, 2.05) is 46.4 Å². The molecule has 0 atom stereocenters. The number of halogens is 1. The minimum Gasteiger partial charge on any atom is -0.497 e. The molecule has 0 N–H and O–H groups in total. The summed E-state index contributed by atoms with van der Waals surface area (Å²) >= 11 is 2.20. The Hall–Kier alpha value is -1.83. The van der Waals surface area contributed by atoms with Crippen molar-refractivity contribution in [3.05, 3.63) is 53.1 Å². The molecule has 1 radical (unpaired) electrons. The Bertz CT molecular complexity index is 922. The van der Waals surface area contributed by atoms with Crippen molar-refractivity contribution >= 4 is 50.4 Å². The van der Waals surface area contributed by atoms with Crippen molar-refractivity contribution in [3.8, 4) is 5.75 Å². The second-order valence-electron chi connectivity index (χ2n) is 7.30. The van der Waals surface area contributed by atoms with Gasteiger partial charge in [0.1, 0.15) is 5.75 Å². The first-order valence-corrected chi connectivity index (χ1v) is 10.3. The summed E-state index contributed by atoms with van der Waals surface area (Å²) in [4.78, 5) is 27.4. The zero-order valence-corrected chi connectivity index (χ0v) is 17.6. The molecule has 1 saturated carbocycles. The third kappa shape index (κ3) is 2.89. The number of hydrogen-bond donors (Lipinski definition) is 0. The lowest BCUT2D eigenvalue weighted by Gasteiger charge is -2.37. The van der Waals surface area contributed by atoms with Crippen LogP contribution in [0.3, 0.4) is 0 Å². The van der Waals surface area contributed by atoms with Crippen molar-refractivity contribution in [1.29, 1.82) is 0 Å². The molecule has 2 aliphatic rings. The Morgan fingerprint density at radius 3 is 2.48 bits per heavy atom. The van der Waals surface area contributed by atoms with Gasteiger partial charge in [-0.2, -0.15) is 22.4 Å². The summed E-state index contributed by atoms with van der Waals surface area (Å²) in [5, 5.41) is 1.97. The molecule has 2 aromatic carbocycles. The molecule has 0 saturated heterocycles. The molecular formula is C21H20BINO3. The number of hydrogen-bond acceptors (Lipinski definition) is 3. The zero-order valence-electron chi connectivity index (χ0n) is 15.4. The summed E-state index contributed by atoms with van der Waals surface area (Å²) in [5.41, 5.74) is 4.24. The molecule has 1 heterocycles. The zero-order chi connectivity index (χ0) is 19.2. The molecule has 1 spiro atoms. The van der Waals surface area contributed by atoms with Crippen LogP contribution in [0, 0.1) is 0 Å². The molecular weight excluding hydrogens is 452 g/mol. The molecule has 1 aliphatic heterocycles. The predicted octanol–water partition coefficient (Wildman–Crippen LogP) is 3.55. The molecule has 137 valence electrons. The maximum Gasteiger partial charge on any atom is 0.240 e. The van der Waals surface area contributed by atoms with E-state index in [4.69, 9.17) is 4.74 Å². The molecule has 27 heavy (non-hydrogen) atoms. The maximum atomic E-state index is 13.4. The fourth-order valence-electron chi connectivity index (χ4n) is 4.16. The number of amides is 1. The Balaban J connectivity index is 1.80. The highest BCUT2D eigenvalue weighted by atomic mass is 127. The number of benzene rings is 2. The van der Waals surface area contributed by atoms with Crippen LogP contribution >= 0.6 is 22.4 Å². The summed E-state index contributed by atoms with van der Waals surface area (Å²) in [6.45, 7) is 2.10. The molecule has 4 rings (SSSR count). The second kappa shape index (κ2) is 6.97. The lowest BCUT2D eigenvalue weighted by Crippen LogP contribution is -2.45. The van der Waals surface area contributed by atoms with Gasteiger partial charge in [-0.05, 0) is 54.6 Å². The topological polar surface area (TPSA) is 46.6 Å². The first-order valence-electron chi connectivity index (χ1n) is 9.08. The summed E-state index contributed by atoms with van der Waals surface area (Å²) in [5.74, 6) is 1.00. The van der Waals surface area contributed by atoms with Crippen molar-refractivity contribution in [2.75, 3.05) is 12.0 Å². The van der Waals surface area contributed by atoms with Crippen LogP contribution in [0.2, 0.25) is 0 Å². The summed E-state index contributed by atoms with van der Waals surface area (Å²) in [7, 11) is 1.64. The molecule has 2 aromatic rings. The lowest BCUT2D eigenvalue weighted by atomic mass is 9.64. The highest BCUT2D eigenvalue weighted by Gasteiger charge is 2.55. The minimum atomic E-state index is -0.443. The molecule has 0 aromatic heterocycles. The average Bonchev–Trinajstić information content (AvgIpc) is 2.90. The van der Waals surface area contributed by atoms with Crippen LogP contribution in [-0.2, 0) is 16.8 Å². The standard InChI is InChI=1S/C21H20BINO3/c1-13(25)15-10-17-19(18(11-15)22-23)24(20(26)21(17)8-3-9-21)12-14-4-6-16(27-2)7-5-14/h4-7,10-11H,3,8-9,12H2,1-2H3. The van der Waals surface area contributed by atoms with Crippen LogP contribution in [0.25, 0.3) is 0 Å². The van der Waals surface area contributed by atoms with Gasteiger partial charge >= 0.3 is 0 Å². The number of rotatable bonds is 5. The molecule has 4 nitrogen and oxygen atoms in total. The second-order valence-corrected chi connectivity index (χ2v) is 7.92. The van der Waals surface area contributed by atoms with Crippen LogP contribution in [0.15, 0.2) is 36.4 Å². The van der Waals surface area contributed by atoms with E-state index >= 15 is 0 Å². The summed E-state index contributed by atoms with van der Waals surface area (Å²) < 4.78 is 5.23. The summed E-state index contributed by atoms with van der Waals surface area (Å²) in [6.07, 6.45) is 2.77. The normalized spacial score (nSPS) is 16.9. The van der Waals surface area contributed by atoms with Gasteiger partial charge in [0.15, 0.2) is 5.78 Å². The van der Waals surface area contributed by atoms with Crippen LogP contribution in [0.4, 0.5) is 5.69 Å². The van der Waals surface area contributed by atoms with Crippen LogP contribution in [0.5, 0.6) is 5.75 Å². The number of nitrogens with zero attached hydrogens (tertiary/aromatic N) is 1. The van der Waals surface area contributed by atoms with E-state index in [2.05, 4.69) is 22.4 Å². The van der Waals surface area contributed by atoms with Gasteiger partial charge in [0.2, 0.25) is 11.0 Å². The first-order chi connectivity index (χ1) is 13.0. The third-order valence-electron chi connectivity index (χ3n) is 5.81. The van der Waals surface area contributed by atoms with Gasteiger partial charge in [-0.1, -0.05) is 24.6 Å². The van der Waals surface area contributed by atoms with Crippen molar-refractivity contribution in [1.82, 2.24) is 0 Å². The smallest absolute Gasteiger partial charge is 0.240 e. The number of fused-ring (bicyclic) bond motifs is 2. The Morgan fingerprint density at radius 1 is 1.26 bits per heavy atom. The largest absolute Gasteiger partial charge is 0.497 e. The average molecular weight is 472 g/mol. The number of methoxy groups -OCH3 is 1. The van der Waals surface area contributed by atoms with Gasteiger partial charge in [-0.3, -0.25) is 9.59 Å². The highest BCUT2D eigenvalue weighted by molar-refractivity contribution is 14.1. The van der Waals surface area contributed by atoms with Crippen LogP contribution in [0.1, 0.15) is 47.7 Å². The quantitative estimate of drug-likeness (QED) is 0.380. The van der Waals surface area contributed by atoms with Crippen molar-refractivity contribution < 1.29 is 14.3 Å². The van der Waals surface area contributed by atoms with Gasteiger partial charge in [-0.25, -0.2) is 0 Å². The maximum absolute atomic E-state index is 13.4. The molecule has 1 fully saturated rings. The fourth-order valence-corrected chi connectivity index (χ4v) is 4.64. The lowest BCUT2D eigenvalue weighted by molar-refractivity contribution is -0.126. The van der Waals surface area contributed by atoms with Gasteiger partial charge in [0, 0.05) is 11.3 Å². The third-order valence-corrected chi connectivity index (χ3v) is 6.48. The number of carbonyl (C=O) groups excluding carboxylic acids is 2. The fraction of sp³-hybridized carbons (Fsp3) is 0.333. The van der Waals surface area contributed by atoms with E-state index in [-0.39, 0.29) is 11.7 Å². The van der Waals surface area contributed by atoms with E-state index < -0.39 is 5.41 Å². The van der Waals surface area contributed by atoms with Gasteiger partial charge in [-0.15, -0.1) is 0 Å². The van der Waals surface area contributed by atoms with E-state index in [0.717, 1.165) is 47.3 Å². The number of anilines is 1. The van der Waals surface area contributed by atoms with Gasteiger partial charge in [0.05, 0.1) is 19.1 Å². The molecule has 0 unspecified atom stereocenters. The predicted molar refractivity (Wildman–Crippen MR) is 116 cm³/mol. The molecule has 0 bridgehead atoms. The highest BCUT2D eigenvalue weighted by Crippen LogP contribution is 2.53. The number of ketones is 1. The van der Waals surface area contributed by atoms with Crippen molar-refractivity contribution in [2.45, 2.75) is 38.1 Å². The van der Waals surface area contributed by atoms with Crippen LogP contribution < -0.4 is 15.1 Å². The monoisotopic (exact) mass is 472 g/mol. The Labute approximate surface area is 173 Å². The SMILES string of the molecule is COc1ccc(CN2C(=O)C3(CCC3)c3cc(C(C)=O)cc([B]I)c32)cc1. The first kappa shape index (κ1) is 18.5. The molecule has 6 heteroatoms. The Morgan fingerprint density at radius 2 is 1.96 bits per heavy atom. The Kier molecular flexibility index (Phi) is 4.78. The number of carbonyl (C=O) groups is 2. The number of ether oxygens (including phenoxy) is 1. The van der Waals surface area contributed by atoms with Crippen molar-refractivity contribution in [3.63, 3.8) is 0 Å². The van der Waals surface area contributed by atoms with Crippen LogP contribution in [-0.4, -0.2) is 23.9 Å². The summed E-state index contributed by atoms with van der Waals surface area (Å²) in [6, 6.07) is 11.7. The van der Waals surface area contributed by atoms with Crippen molar-refractivity contribution in [2.24, 2.45) is 0 Å². The molecule has 1 amide bonds. The van der Waals surface area contributed by atoms with E-state index in [9.17, 15) is 9.59 Å². The molecule has 1 aliphatic carbocycles. The number of Topliss-reactive ketones (excluding diaryl/α,β-unsaturated/α-hetero) is 1. The van der Waals surface area contributed by atoms with Gasteiger partial charge < -0.3 is 9.64 Å². The van der Waals surface area contributed by atoms with E-state index in [1.54, 1.807) is 14.0 Å². The van der Waals surface area contributed by atoms with E-state index in [0.29, 0.717) is 12.1 Å².